The van der Waals surface area contributed by atoms with Gasteiger partial charge < -0.3 is 4.74 Å². The van der Waals surface area contributed by atoms with E-state index in [0.29, 0.717) is 6.29 Å². The summed E-state index contributed by atoms with van der Waals surface area (Å²) in [5, 5.41) is 10.6. The smallest absolute Gasteiger partial charge is 0.326 e. The summed E-state index contributed by atoms with van der Waals surface area (Å²) in [6.45, 7) is 0. The van der Waals surface area contributed by atoms with Crippen molar-refractivity contribution in [1.82, 2.24) is 0 Å². The maximum atomic E-state index is 10.9. The van der Waals surface area contributed by atoms with Gasteiger partial charge in [-0.15, -0.1) is 11.6 Å². The Hall–Kier alpha value is -1.95. The van der Waals surface area contributed by atoms with Gasteiger partial charge in [0.15, 0.2) is 0 Å². The second-order valence-electron chi connectivity index (χ2n) is 2.71. The first-order valence-corrected chi connectivity index (χ1v) is 4.62. The van der Waals surface area contributed by atoms with Gasteiger partial charge in [0.05, 0.1) is 4.92 Å². The maximum Gasteiger partial charge on any atom is 0.326 e. The number of nitrogens with zero attached hydrogens (tertiary/aromatic N) is 1. The molecule has 1 aromatic rings. The highest BCUT2D eigenvalue weighted by Gasteiger charge is 2.18. The van der Waals surface area contributed by atoms with Gasteiger partial charge in [0.2, 0.25) is 5.75 Å². The number of alkyl halides is 1. The molecule has 0 saturated heterocycles. The lowest BCUT2D eigenvalue weighted by atomic mass is 10.2. The largest absolute Gasteiger partial charge is 0.418 e. The van der Waals surface area contributed by atoms with Crippen LogP contribution in [0.5, 0.6) is 5.75 Å². The molecule has 0 spiro atoms. The fraction of sp³-hybridized carbons (Fsp3) is 0.111. The molecular weight excluding hydrogens is 238 g/mol. The highest BCUT2D eigenvalue weighted by Crippen LogP contribution is 2.27. The average molecular weight is 244 g/mol. The molecule has 7 heteroatoms. The zero-order chi connectivity index (χ0) is 12.1. The number of halogens is 1. The molecule has 0 atom stereocenters. The molecule has 0 amide bonds. The first-order valence-electron chi connectivity index (χ1n) is 4.08. The highest BCUT2D eigenvalue weighted by atomic mass is 35.5. The summed E-state index contributed by atoms with van der Waals surface area (Å²) in [6.07, 6.45) is 0.458. The Labute approximate surface area is 94.9 Å². The van der Waals surface area contributed by atoms with E-state index in [4.69, 9.17) is 11.6 Å². The molecule has 0 aliphatic rings. The van der Waals surface area contributed by atoms with Gasteiger partial charge in [-0.05, 0) is 12.1 Å². The minimum Gasteiger partial charge on any atom is -0.418 e. The third-order valence-electron chi connectivity index (χ3n) is 1.65. The van der Waals surface area contributed by atoms with Crippen LogP contribution in [0.25, 0.3) is 0 Å². The molecule has 0 aliphatic heterocycles. The van der Waals surface area contributed by atoms with Crippen molar-refractivity contribution < 1.29 is 19.2 Å². The number of carbonyl (C=O) groups excluding carboxylic acids is 2. The summed E-state index contributed by atoms with van der Waals surface area (Å²) in [7, 11) is 0. The molecule has 0 N–H and O–H groups in total. The molecule has 0 unspecified atom stereocenters. The van der Waals surface area contributed by atoms with Gasteiger partial charge in [0.25, 0.3) is 0 Å². The van der Waals surface area contributed by atoms with Crippen molar-refractivity contribution in [2.45, 2.75) is 0 Å². The van der Waals surface area contributed by atoms with E-state index >= 15 is 0 Å². The lowest BCUT2D eigenvalue weighted by Crippen LogP contribution is -2.10. The minimum absolute atomic E-state index is 0.123. The number of carbonyl (C=O) groups is 2. The molecule has 16 heavy (non-hydrogen) atoms. The monoisotopic (exact) mass is 243 g/mol. The summed E-state index contributed by atoms with van der Waals surface area (Å²) in [5.74, 6) is -1.45. The van der Waals surface area contributed by atoms with Crippen LogP contribution in [-0.4, -0.2) is 23.1 Å². The fourth-order valence-corrected chi connectivity index (χ4v) is 1.04. The van der Waals surface area contributed by atoms with E-state index < -0.39 is 22.5 Å². The summed E-state index contributed by atoms with van der Waals surface area (Å²) in [6, 6.07) is 3.49. The molecule has 6 nitrogen and oxygen atoms in total. The zero-order valence-electron chi connectivity index (χ0n) is 7.88. The molecular formula is C9H6ClNO5. The van der Waals surface area contributed by atoms with Crippen LogP contribution in [0.3, 0.4) is 0 Å². The maximum absolute atomic E-state index is 10.9. The van der Waals surface area contributed by atoms with E-state index in [1.54, 1.807) is 0 Å². The third-order valence-corrected chi connectivity index (χ3v) is 1.87. The standard InChI is InChI=1S/C9H6ClNO5/c10-4-9(13)16-8-2-1-6(5-12)3-7(8)11(14)15/h1-3,5H,4H2. The molecule has 1 aromatic carbocycles. The van der Waals surface area contributed by atoms with Crippen LogP contribution >= 0.6 is 11.6 Å². The minimum atomic E-state index is -0.802. The second-order valence-corrected chi connectivity index (χ2v) is 2.98. The van der Waals surface area contributed by atoms with Crippen molar-refractivity contribution in [1.29, 1.82) is 0 Å². The molecule has 0 bridgehead atoms. The highest BCUT2D eigenvalue weighted by molar-refractivity contribution is 6.26. The summed E-state index contributed by atoms with van der Waals surface area (Å²) in [4.78, 5) is 31.2. The Kier molecular flexibility index (Phi) is 3.96. The number of hydrogen-bond donors (Lipinski definition) is 0. The first-order chi connectivity index (χ1) is 7.58. The predicted octanol–water partition coefficient (Wildman–Crippen LogP) is 1.55. The topological polar surface area (TPSA) is 86.5 Å². The van der Waals surface area contributed by atoms with Gasteiger partial charge in [-0.2, -0.15) is 0 Å². The van der Waals surface area contributed by atoms with Crippen molar-refractivity contribution in [3.05, 3.63) is 33.9 Å². The molecule has 0 aromatic heterocycles. The Morgan fingerprint density at radius 2 is 2.25 bits per heavy atom. The van der Waals surface area contributed by atoms with Crippen molar-refractivity contribution in [3.8, 4) is 5.75 Å². The second kappa shape index (κ2) is 5.22. The van der Waals surface area contributed by atoms with Gasteiger partial charge in [-0.1, -0.05) is 0 Å². The van der Waals surface area contributed by atoms with E-state index in [-0.39, 0.29) is 11.3 Å². The third kappa shape index (κ3) is 2.77. The van der Waals surface area contributed by atoms with Crippen molar-refractivity contribution in [2.75, 3.05) is 5.88 Å². The number of rotatable bonds is 4. The van der Waals surface area contributed by atoms with Crippen LogP contribution in [0.1, 0.15) is 10.4 Å². The molecule has 84 valence electrons. The number of benzene rings is 1. The van der Waals surface area contributed by atoms with E-state index in [1.807, 2.05) is 0 Å². The molecule has 1 rings (SSSR count). The lowest BCUT2D eigenvalue weighted by molar-refractivity contribution is -0.385. The Bertz CT molecular complexity index is 446. The predicted molar refractivity (Wildman–Crippen MR) is 54.8 cm³/mol. The van der Waals surface area contributed by atoms with Crippen LogP contribution in [-0.2, 0) is 4.79 Å². The number of hydrogen-bond acceptors (Lipinski definition) is 5. The van der Waals surface area contributed by atoms with Gasteiger partial charge in [-0.25, -0.2) is 0 Å². The van der Waals surface area contributed by atoms with Crippen LogP contribution in [0.15, 0.2) is 18.2 Å². The van der Waals surface area contributed by atoms with Gasteiger partial charge in [0, 0.05) is 11.6 Å². The average Bonchev–Trinajstić information content (AvgIpc) is 2.29. The Morgan fingerprint density at radius 1 is 1.56 bits per heavy atom. The van der Waals surface area contributed by atoms with E-state index in [1.165, 1.54) is 12.1 Å². The first kappa shape index (κ1) is 12.1. The fourth-order valence-electron chi connectivity index (χ4n) is 0.987. The molecule has 0 heterocycles. The van der Waals surface area contributed by atoms with E-state index in [2.05, 4.69) is 4.74 Å². The molecule has 0 radical (unpaired) electrons. The summed E-state index contributed by atoms with van der Waals surface area (Å²) in [5.41, 5.74) is -0.333. The lowest BCUT2D eigenvalue weighted by Gasteiger charge is -2.03. The van der Waals surface area contributed by atoms with Crippen LogP contribution in [0, 0.1) is 10.1 Å². The molecule has 0 aliphatic carbocycles. The van der Waals surface area contributed by atoms with Gasteiger partial charge in [0.1, 0.15) is 12.2 Å². The van der Waals surface area contributed by atoms with Crippen LogP contribution in [0.4, 0.5) is 5.69 Å². The number of nitro benzene ring substituents is 1. The van der Waals surface area contributed by atoms with Crippen LogP contribution < -0.4 is 4.74 Å². The summed E-state index contributed by atoms with van der Waals surface area (Å²) < 4.78 is 4.63. The zero-order valence-corrected chi connectivity index (χ0v) is 8.64. The van der Waals surface area contributed by atoms with E-state index in [9.17, 15) is 19.7 Å². The van der Waals surface area contributed by atoms with Gasteiger partial charge in [-0.3, -0.25) is 19.7 Å². The SMILES string of the molecule is O=Cc1ccc(OC(=O)CCl)c([N+](=O)[O-])c1. The quantitative estimate of drug-likeness (QED) is 0.200. The Morgan fingerprint density at radius 3 is 2.75 bits per heavy atom. The van der Waals surface area contributed by atoms with E-state index in [0.717, 1.165) is 6.07 Å². The molecule has 0 saturated carbocycles. The number of ether oxygens (including phenoxy) is 1. The van der Waals surface area contributed by atoms with Gasteiger partial charge >= 0.3 is 11.7 Å². The van der Waals surface area contributed by atoms with Crippen molar-refractivity contribution in [3.63, 3.8) is 0 Å². The number of esters is 1. The van der Waals surface area contributed by atoms with Crippen molar-refractivity contribution in [2.24, 2.45) is 0 Å². The number of nitro groups is 1. The van der Waals surface area contributed by atoms with Crippen LogP contribution in [0.2, 0.25) is 0 Å². The van der Waals surface area contributed by atoms with Crippen molar-refractivity contribution >= 4 is 29.5 Å². The Balaban J connectivity index is 3.12. The molecule has 0 fully saturated rings. The normalized spacial score (nSPS) is 9.56. The number of aldehydes is 1. The summed E-state index contributed by atoms with van der Waals surface area (Å²) >= 11 is 5.19.